The fourth-order valence-corrected chi connectivity index (χ4v) is 2.53. The fourth-order valence-electron chi connectivity index (χ4n) is 0.983. The third-order valence-corrected chi connectivity index (χ3v) is 4.36. The van der Waals surface area contributed by atoms with Crippen molar-refractivity contribution in [3.63, 3.8) is 0 Å². The van der Waals surface area contributed by atoms with E-state index >= 15 is 0 Å². The Balaban J connectivity index is 3.97. The van der Waals surface area contributed by atoms with Gasteiger partial charge in [-0.3, -0.25) is 0 Å². The van der Waals surface area contributed by atoms with Crippen LogP contribution in [0.3, 0.4) is 0 Å². The van der Waals surface area contributed by atoms with Crippen molar-refractivity contribution in [2.24, 2.45) is 0 Å². The lowest BCUT2D eigenvalue weighted by Crippen LogP contribution is -2.25. The maximum atomic E-state index is 13.2. The molecule has 10 heavy (non-hydrogen) atoms. The predicted molar refractivity (Wildman–Crippen MR) is 42.9 cm³/mol. The van der Waals surface area contributed by atoms with Crippen LogP contribution in [0.2, 0.25) is 18.6 Å². The van der Waals surface area contributed by atoms with Gasteiger partial charge < -0.3 is 4.11 Å². The van der Waals surface area contributed by atoms with Crippen LogP contribution in [0.4, 0.5) is 4.11 Å². The summed E-state index contributed by atoms with van der Waals surface area (Å²) in [5, 5.41) is 8.34. The highest BCUT2D eigenvalue weighted by atomic mass is 28.4. The minimum Gasteiger partial charge on any atom is -0.314 e. The summed E-state index contributed by atoms with van der Waals surface area (Å²) in [4.78, 5) is 0. The zero-order valence-corrected chi connectivity index (χ0v) is 7.82. The average molecular weight is 159 g/mol. The van der Waals surface area contributed by atoms with Crippen LogP contribution in [0.15, 0.2) is 0 Å². The molecule has 0 saturated carbocycles. The topological polar surface area (TPSA) is 23.8 Å². The molecule has 0 bridgehead atoms. The molecule has 0 radical (unpaired) electrons. The van der Waals surface area contributed by atoms with Crippen LogP contribution in [0.1, 0.15) is 19.8 Å². The quantitative estimate of drug-likeness (QED) is 0.459. The highest BCUT2D eigenvalue weighted by Gasteiger charge is 2.30. The predicted octanol–water partition coefficient (Wildman–Crippen LogP) is 2.85. The zero-order chi connectivity index (χ0) is 8.20. The van der Waals surface area contributed by atoms with Gasteiger partial charge in [0.05, 0.1) is 6.07 Å². The Morgan fingerprint density at radius 1 is 1.60 bits per heavy atom. The van der Waals surface area contributed by atoms with E-state index in [1.165, 1.54) is 0 Å². The normalized spacial score (nSPS) is 14.3. The van der Waals surface area contributed by atoms with Crippen molar-refractivity contribution in [2.75, 3.05) is 0 Å². The standard InChI is InChI=1S/C7H14FNSi/c1-4-7(5-6-9)10(2,3)8/h7H,4-5H2,1-3H3. The molecule has 0 aromatic rings. The molecule has 0 aliphatic carbocycles. The second kappa shape index (κ2) is 3.72. The molecule has 1 atom stereocenters. The van der Waals surface area contributed by atoms with Gasteiger partial charge in [0.25, 0.3) is 0 Å². The van der Waals surface area contributed by atoms with E-state index in [2.05, 4.69) is 0 Å². The first-order valence-corrected chi connectivity index (χ1v) is 6.53. The van der Waals surface area contributed by atoms with Gasteiger partial charge >= 0.3 is 0 Å². The van der Waals surface area contributed by atoms with Gasteiger partial charge in [-0.2, -0.15) is 5.26 Å². The number of hydrogen-bond acceptors (Lipinski definition) is 1. The molecule has 1 unspecified atom stereocenters. The van der Waals surface area contributed by atoms with E-state index < -0.39 is 8.41 Å². The summed E-state index contributed by atoms with van der Waals surface area (Å²) in [6.45, 7) is 5.27. The van der Waals surface area contributed by atoms with E-state index in [9.17, 15) is 4.11 Å². The summed E-state index contributed by atoms with van der Waals surface area (Å²) in [5.74, 6) is 0. The van der Waals surface area contributed by atoms with Crippen LogP contribution < -0.4 is 0 Å². The van der Waals surface area contributed by atoms with Gasteiger partial charge in [-0.05, 0) is 18.6 Å². The minimum absolute atomic E-state index is 0.0255. The summed E-state index contributed by atoms with van der Waals surface area (Å²) in [7, 11) is -2.53. The van der Waals surface area contributed by atoms with Gasteiger partial charge in [-0.25, -0.2) is 0 Å². The first-order valence-electron chi connectivity index (χ1n) is 3.58. The third-order valence-electron chi connectivity index (χ3n) is 1.80. The summed E-state index contributed by atoms with van der Waals surface area (Å²) >= 11 is 0. The number of halogens is 1. The maximum absolute atomic E-state index is 13.2. The van der Waals surface area contributed by atoms with Gasteiger partial charge in [0.15, 0.2) is 0 Å². The van der Waals surface area contributed by atoms with Crippen LogP contribution in [-0.4, -0.2) is 8.41 Å². The van der Waals surface area contributed by atoms with Crippen LogP contribution >= 0.6 is 0 Å². The summed E-state index contributed by atoms with van der Waals surface area (Å²) in [6.07, 6.45) is 1.18. The highest BCUT2D eigenvalue weighted by Crippen LogP contribution is 2.28. The molecule has 0 rings (SSSR count). The summed E-state index contributed by atoms with van der Waals surface area (Å²) in [5.41, 5.74) is 0.0255. The van der Waals surface area contributed by atoms with Gasteiger partial charge in [0, 0.05) is 6.42 Å². The second-order valence-electron chi connectivity index (χ2n) is 3.03. The molecule has 0 spiro atoms. The Labute approximate surface area is 63.0 Å². The van der Waals surface area contributed by atoms with Gasteiger partial charge in [-0.15, -0.1) is 0 Å². The van der Waals surface area contributed by atoms with Crippen molar-refractivity contribution in [1.29, 1.82) is 5.26 Å². The monoisotopic (exact) mass is 159 g/mol. The van der Waals surface area contributed by atoms with Crippen LogP contribution in [-0.2, 0) is 0 Å². The van der Waals surface area contributed by atoms with Crippen LogP contribution in [0.5, 0.6) is 0 Å². The van der Waals surface area contributed by atoms with Crippen LogP contribution in [0, 0.1) is 11.3 Å². The molecule has 0 amide bonds. The van der Waals surface area contributed by atoms with E-state index in [1.807, 2.05) is 13.0 Å². The summed E-state index contributed by atoms with van der Waals surface area (Å²) < 4.78 is 13.2. The zero-order valence-electron chi connectivity index (χ0n) is 6.82. The van der Waals surface area contributed by atoms with Gasteiger partial charge in [0.2, 0.25) is 8.41 Å². The molecule has 0 aromatic heterocycles. The molecule has 0 aliphatic rings. The molecule has 0 N–H and O–H groups in total. The lowest BCUT2D eigenvalue weighted by atomic mass is 10.3. The molecule has 0 heterocycles. The molecule has 3 heteroatoms. The van der Waals surface area contributed by atoms with Crippen molar-refractivity contribution in [3.05, 3.63) is 0 Å². The Morgan fingerprint density at radius 3 is 2.20 bits per heavy atom. The van der Waals surface area contributed by atoms with Gasteiger partial charge in [-0.1, -0.05) is 13.3 Å². The van der Waals surface area contributed by atoms with E-state index in [0.29, 0.717) is 6.42 Å². The molecular weight excluding hydrogens is 145 g/mol. The van der Waals surface area contributed by atoms with Crippen molar-refractivity contribution < 1.29 is 4.11 Å². The number of nitrogens with zero attached hydrogens (tertiary/aromatic N) is 1. The number of nitriles is 1. The van der Waals surface area contributed by atoms with Crippen molar-refractivity contribution in [3.8, 4) is 6.07 Å². The Hall–Kier alpha value is -0.363. The molecule has 0 aromatic carbocycles. The maximum Gasteiger partial charge on any atom is 0.245 e. The van der Waals surface area contributed by atoms with E-state index in [1.54, 1.807) is 13.1 Å². The van der Waals surface area contributed by atoms with E-state index in [-0.39, 0.29) is 5.54 Å². The van der Waals surface area contributed by atoms with Crippen molar-refractivity contribution in [2.45, 2.75) is 38.4 Å². The first-order chi connectivity index (χ1) is 4.52. The Kier molecular flexibility index (Phi) is 3.58. The minimum atomic E-state index is -2.53. The van der Waals surface area contributed by atoms with E-state index in [4.69, 9.17) is 5.26 Å². The molecule has 0 saturated heterocycles. The lowest BCUT2D eigenvalue weighted by Gasteiger charge is -2.19. The van der Waals surface area contributed by atoms with Gasteiger partial charge in [0.1, 0.15) is 0 Å². The Bertz CT molecular complexity index is 134. The molecule has 0 fully saturated rings. The molecule has 0 aliphatic heterocycles. The average Bonchev–Trinajstić information content (AvgIpc) is 1.80. The smallest absolute Gasteiger partial charge is 0.245 e. The molecular formula is C7H14FNSi. The largest absolute Gasteiger partial charge is 0.314 e. The second-order valence-corrected chi connectivity index (χ2v) is 6.98. The number of hydrogen-bond donors (Lipinski definition) is 0. The van der Waals surface area contributed by atoms with Crippen molar-refractivity contribution in [1.82, 2.24) is 0 Å². The van der Waals surface area contributed by atoms with Crippen LogP contribution in [0.25, 0.3) is 0 Å². The lowest BCUT2D eigenvalue weighted by molar-refractivity contribution is 0.676. The molecule has 58 valence electrons. The van der Waals surface area contributed by atoms with E-state index in [0.717, 1.165) is 6.42 Å². The van der Waals surface area contributed by atoms with Crippen molar-refractivity contribution >= 4 is 8.41 Å². The highest BCUT2D eigenvalue weighted by molar-refractivity contribution is 6.72. The fraction of sp³-hybridized carbons (Fsp3) is 0.857. The molecule has 1 nitrogen and oxygen atoms in total. The third kappa shape index (κ3) is 2.97. The summed E-state index contributed by atoms with van der Waals surface area (Å²) in [6, 6.07) is 2.02. The number of rotatable bonds is 3. The Morgan fingerprint density at radius 2 is 2.10 bits per heavy atom. The first kappa shape index (κ1) is 9.64. The SMILES string of the molecule is CCC(CC#N)[Si](C)(C)F.